The Bertz CT molecular complexity index is 398. The molecule has 0 saturated heterocycles. The van der Waals surface area contributed by atoms with Gasteiger partial charge in [0.2, 0.25) is 0 Å². The molecule has 0 aliphatic carbocycles. The molecule has 2 nitrogen and oxygen atoms in total. The highest BCUT2D eigenvalue weighted by Gasteiger charge is 2.14. The van der Waals surface area contributed by atoms with Crippen LogP contribution in [-0.2, 0) is 0 Å². The summed E-state index contributed by atoms with van der Waals surface area (Å²) in [7, 11) is 0. The SMILES string of the molecule is CCC(CCCl)NC(=O)c1ccc(F)cc1Cl. The summed E-state index contributed by atoms with van der Waals surface area (Å²) in [5, 5.41) is 2.93. The van der Waals surface area contributed by atoms with E-state index >= 15 is 0 Å². The Hall–Kier alpha value is -0.800. The quantitative estimate of drug-likeness (QED) is 0.819. The van der Waals surface area contributed by atoms with Crippen molar-refractivity contribution in [2.45, 2.75) is 25.8 Å². The van der Waals surface area contributed by atoms with Gasteiger partial charge in [-0.25, -0.2) is 4.39 Å². The monoisotopic (exact) mass is 277 g/mol. The van der Waals surface area contributed by atoms with Crippen LogP contribution in [0.1, 0.15) is 30.1 Å². The fourth-order valence-corrected chi connectivity index (χ4v) is 1.96. The molecule has 17 heavy (non-hydrogen) atoms. The molecule has 0 spiro atoms. The minimum Gasteiger partial charge on any atom is -0.349 e. The molecule has 0 aliphatic heterocycles. The maximum absolute atomic E-state index is 12.8. The second-order valence-corrected chi connectivity index (χ2v) is 4.47. The summed E-state index contributed by atoms with van der Waals surface area (Å²) in [6.45, 7) is 1.96. The first kappa shape index (κ1) is 14.3. The van der Waals surface area contributed by atoms with E-state index in [1.165, 1.54) is 12.1 Å². The molecule has 0 bridgehead atoms. The zero-order valence-corrected chi connectivity index (χ0v) is 11.0. The Balaban J connectivity index is 2.75. The highest BCUT2D eigenvalue weighted by molar-refractivity contribution is 6.33. The number of amides is 1. The van der Waals surface area contributed by atoms with Crippen LogP contribution < -0.4 is 5.32 Å². The molecule has 0 aromatic heterocycles. The van der Waals surface area contributed by atoms with Gasteiger partial charge < -0.3 is 5.32 Å². The minimum absolute atomic E-state index is 0.0149. The van der Waals surface area contributed by atoms with Crippen molar-refractivity contribution in [2.24, 2.45) is 0 Å². The number of alkyl halides is 1. The molecule has 1 amide bonds. The van der Waals surface area contributed by atoms with Gasteiger partial charge in [0.05, 0.1) is 10.6 Å². The van der Waals surface area contributed by atoms with Gasteiger partial charge in [0, 0.05) is 11.9 Å². The molecular formula is C12H14Cl2FNO. The van der Waals surface area contributed by atoms with Crippen LogP contribution in [0.3, 0.4) is 0 Å². The molecule has 1 N–H and O–H groups in total. The van der Waals surface area contributed by atoms with Gasteiger partial charge in [0.15, 0.2) is 0 Å². The van der Waals surface area contributed by atoms with Crippen molar-refractivity contribution in [1.82, 2.24) is 5.32 Å². The van der Waals surface area contributed by atoms with Crippen molar-refractivity contribution >= 4 is 29.1 Å². The maximum atomic E-state index is 12.8. The summed E-state index contributed by atoms with van der Waals surface area (Å²) in [4.78, 5) is 11.9. The highest BCUT2D eigenvalue weighted by Crippen LogP contribution is 2.17. The minimum atomic E-state index is -0.459. The third kappa shape index (κ3) is 4.17. The van der Waals surface area contributed by atoms with Gasteiger partial charge in [-0.15, -0.1) is 11.6 Å². The van der Waals surface area contributed by atoms with Crippen LogP contribution in [0.4, 0.5) is 4.39 Å². The van der Waals surface area contributed by atoms with Gasteiger partial charge >= 0.3 is 0 Å². The van der Waals surface area contributed by atoms with Crippen LogP contribution in [0.2, 0.25) is 5.02 Å². The van der Waals surface area contributed by atoms with E-state index in [0.29, 0.717) is 12.3 Å². The fraction of sp³-hybridized carbons (Fsp3) is 0.417. The summed E-state index contributed by atoms with van der Waals surface area (Å²) in [6, 6.07) is 3.73. The maximum Gasteiger partial charge on any atom is 0.253 e. The number of halogens is 3. The lowest BCUT2D eigenvalue weighted by molar-refractivity contribution is 0.0935. The van der Waals surface area contributed by atoms with Crippen molar-refractivity contribution in [1.29, 1.82) is 0 Å². The third-order valence-electron chi connectivity index (χ3n) is 2.46. The van der Waals surface area contributed by atoms with E-state index < -0.39 is 5.82 Å². The second kappa shape index (κ2) is 6.82. The summed E-state index contributed by atoms with van der Waals surface area (Å²) in [5.41, 5.74) is 0.279. The molecule has 1 rings (SSSR count). The Morgan fingerprint density at radius 2 is 2.24 bits per heavy atom. The van der Waals surface area contributed by atoms with Gasteiger partial charge in [0.1, 0.15) is 5.82 Å². The molecule has 1 aromatic rings. The van der Waals surface area contributed by atoms with Crippen molar-refractivity contribution in [3.8, 4) is 0 Å². The lowest BCUT2D eigenvalue weighted by atomic mass is 10.1. The van der Waals surface area contributed by atoms with E-state index in [1.54, 1.807) is 0 Å². The predicted molar refractivity (Wildman–Crippen MR) is 68.3 cm³/mol. The molecule has 0 saturated carbocycles. The first-order valence-corrected chi connectivity index (χ1v) is 6.31. The van der Waals surface area contributed by atoms with E-state index in [9.17, 15) is 9.18 Å². The van der Waals surface area contributed by atoms with E-state index in [2.05, 4.69) is 5.32 Å². The number of nitrogens with one attached hydrogen (secondary N) is 1. The molecular weight excluding hydrogens is 264 g/mol. The van der Waals surface area contributed by atoms with Crippen LogP contribution in [0, 0.1) is 5.82 Å². The molecule has 5 heteroatoms. The average Bonchev–Trinajstić information content (AvgIpc) is 2.28. The first-order chi connectivity index (χ1) is 8.08. The average molecular weight is 278 g/mol. The van der Waals surface area contributed by atoms with Gasteiger partial charge in [-0.2, -0.15) is 0 Å². The summed E-state index contributed by atoms with van der Waals surface area (Å²) < 4.78 is 12.8. The smallest absolute Gasteiger partial charge is 0.253 e. The first-order valence-electron chi connectivity index (χ1n) is 5.40. The van der Waals surface area contributed by atoms with Gasteiger partial charge in [-0.05, 0) is 31.0 Å². The van der Waals surface area contributed by atoms with E-state index in [1.807, 2.05) is 6.92 Å². The summed E-state index contributed by atoms with van der Waals surface area (Å²) >= 11 is 11.4. The molecule has 0 radical (unpaired) electrons. The van der Waals surface area contributed by atoms with Crippen LogP contribution >= 0.6 is 23.2 Å². The Morgan fingerprint density at radius 1 is 1.53 bits per heavy atom. The molecule has 1 unspecified atom stereocenters. The molecule has 0 heterocycles. The lowest BCUT2D eigenvalue weighted by Crippen LogP contribution is -2.34. The van der Waals surface area contributed by atoms with Crippen LogP contribution in [0.15, 0.2) is 18.2 Å². The topological polar surface area (TPSA) is 29.1 Å². The number of carbonyl (C=O) groups is 1. The number of hydrogen-bond acceptors (Lipinski definition) is 1. The van der Waals surface area contributed by atoms with Crippen molar-refractivity contribution in [3.05, 3.63) is 34.6 Å². The van der Waals surface area contributed by atoms with Gasteiger partial charge in [-0.1, -0.05) is 18.5 Å². The van der Waals surface area contributed by atoms with Gasteiger partial charge in [-0.3, -0.25) is 4.79 Å². The standard InChI is InChI=1S/C12H14Cl2FNO/c1-2-9(5-6-13)16-12(17)10-4-3-8(15)7-11(10)14/h3-4,7,9H,2,5-6H2,1H3,(H,16,17). The Morgan fingerprint density at radius 3 is 2.76 bits per heavy atom. The highest BCUT2D eigenvalue weighted by atomic mass is 35.5. The predicted octanol–water partition coefficient (Wildman–Crippen LogP) is 3.62. The van der Waals surface area contributed by atoms with Crippen LogP contribution in [0.5, 0.6) is 0 Å². The fourth-order valence-electron chi connectivity index (χ4n) is 1.45. The number of hydrogen-bond donors (Lipinski definition) is 1. The normalized spacial score (nSPS) is 12.2. The number of carbonyl (C=O) groups excluding carboxylic acids is 1. The van der Waals surface area contributed by atoms with Crippen LogP contribution in [-0.4, -0.2) is 17.8 Å². The third-order valence-corrected chi connectivity index (χ3v) is 2.99. The number of benzene rings is 1. The largest absolute Gasteiger partial charge is 0.349 e. The van der Waals surface area contributed by atoms with E-state index in [-0.39, 0.29) is 22.5 Å². The lowest BCUT2D eigenvalue weighted by Gasteiger charge is -2.16. The zero-order valence-electron chi connectivity index (χ0n) is 9.47. The van der Waals surface area contributed by atoms with Crippen molar-refractivity contribution < 1.29 is 9.18 Å². The number of rotatable bonds is 5. The Labute approximate surface area is 110 Å². The Kier molecular flexibility index (Phi) is 5.72. The molecule has 1 aromatic carbocycles. The van der Waals surface area contributed by atoms with E-state index in [4.69, 9.17) is 23.2 Å². The second-order valence-electron chi connectivity index (χ2n) is 3.68. The van der Waals surface area contributed by atoms with Gasteiger partial charge in [0.25, 0.3) is 5.91 Å². The molecule has 1 atom stereocenters. The van der Waals surface area contributed by atoms with Crippen molar-refractivity contribution in [3.63, 3.8) is 0 Å². The summed E-state index contributed by atoms with van der Waals surface area (Å²) in [6.07, 6.45) is 1.49. The molecule has 94 valence electrons. The molecule has 0 fully saturated rings. The van der Waals surface area contributed by atoms with Crippen molar-refractivity contribution in [2.75, 3.05) is 5.88 Å². The van der Waals surface area contributed by atoms with E-state index in [0.717, 1.165) is 12.5 Å². The zero-order chi connectivity index (χ0) is 12.8. The summed E-state index contributed by atoms with van der Waals surface area (Å²) in [5.74, 6) is -0.276. The molecule has 0 aliphatic rings. The van der Waals surface area contributed by atoms with Crippen LogP contribution in [0.25, 0.3) is 0 Å².